The number of hydrogen-bond donors (Lipinski definition) is 2. The van der Waals surface area contributed by atoms with Crippen molar-refractivity contribution in [1.82, 2.24) is 14.5 Å². The fourth-order valence-corrected chi connectivity index (χ4v) is 4.04. The van der Waals surface area contributed by atoms with Crippen LogP contribution in [0.2, 0.25) is 0 Å². The molecular weight excluding hydrogens is 386 g/mol. The maximum atomic E-state index is 13.2. The number of carbonyl (C=O) groups excluding carboxylic acids is 1. The summed E-state index contributed by atoms with van der Waals surface area (Å²) in [6.45, 7) is 7.10. The summed E-state index contributed by atoms with van der Waals surface area (Å²) in [6.07, 6.45) is 4.43. The SMILES string of the molecule is COCCN(C(=O)CN(C)C1CCC(C)CC1)c1c(N)n(CC(C)C)c(=O)[nH]c1=O. The molecule has 1 aliphatic carbocycles. The molecule has 9 nitrogen and oxygen atoms in total. The summed E-state index contributed by atoms with van der Waals surface area (Å²) >= 11 is 0. The van der Waals surface area contributed by atoms with Gasteiger partial charge in [-0.2, -0.15) is 0 Å². The van der Waals surface area contributed by atoms with E-state index in [1.807, 2.05) is 20.9 Å². The molecule has 0 saturated heterocycles. The van der Waals surface area contributed by atoms with Crippen molar-refractivity contribution in [2.75, 3.05) is 44.5 Å². The second kappa shape index (κ2) is 10.8. The zero-order valence-electron chi connectivity index (χ0n) is 18.9. The van der Waals surface area contributed by atoms with Crippen molar-refractivity contribution in [3.05, 3.63) is 20.8 Å². The van der Waals surface area contributed by atoms with Crippen LogP contribution >= 0.6 is 0 Å². The number of nitrogen functional groups attached to an aromatic ring is 1. The van der Waals surface area contributed by atoms with E-state index in [-0.39, 0.29) is 43.0 Å². The lowest BCUT2D eigenvalue weighted by atomic mass is 9.87. The van der Waals surface area contributed by atoms with Gasteiger partial charge in [-0.25, -0.2) is 4.79 Å². The highest BCUT2D eigenvalue weighted by Crippen LogP contribution is 2.26. The van der Waals surface area contributed by atoms with Gasteiger partial charge >= 0.3 is 5.69 Å². The van der Waals surface area contributed by atoms with Crippen molar-refractivity contribution in [3.8, 4) is 0 Å². The predicted octanol–water partition coefficient (Wildman–Crippen LogP) is 1.26. The molecule has 0 aliphatic heterocycles. The highest BCUT2D eigenvalue weighted by molar-refractivity contribution is 5.96. The highest BCUT2D eigenvalue weighted by Gasteiger charge is 2.28. The third-order valence-corrected chi connectivity index (χ3v) is 5.85. The summed E-state index contributed by atoms with van der Waals surface area (Å²) in [4.78, 5) is 43.8. The Morgan fingerprint density at radius 2 is 1.90 bits per heavy atom. The van der Waals surface area contributed by atoms with Gasteiger partial charge in [-0.05, 0) is 44.6 Å². The first kappa shape index (κ1) is 24.1. The average molecular weight is 424 g/mol. The number of aromatic nitrogens is 2. The number of aromatic amines is 1. The van der Waals surface area contributed by atoms with Crippen molar-refractivity contribution >= 4 is 17.4 Å². The zero-order valence-corrected chi connectivity index (χ0v) is 18.9. The van der Waals surface area contributed by atoms with Gasteiger partial charge in [0.2, 0.25) is 5.91 Å². The summed E-state index contributed by atoms with van der Waals surface area (Å²) in [7, 11) is 3.48. The quantitative estimate of drug-likeness (QED) is 0.618. The van der Waals surface area contributed by atoms with Gasteiger partial charge in [0.1, 0.15) is 5.82 Å². The lowest BCUT2D eigenvalue weighted by Crippen LogP contribution is -2.48. The molecule has 1 heterocycles. The molecule has 1 aliphatic rings. The van der Waals surface area contributed by atoms with Crippen LogP contribution in [0.25, 0.3) is 0 Å². The smallest absolute Gasteiger partial charge is 0.330 e. The number of H-pyrrole nitrogens is 1. The summed E-state index contributed by atoms with van der Waals surface area (Å²) in [5.74, 6) is 0.645. The number of anilines is 2. The van der Waals surface area contributed by atoms with E-state index in [1.165, 1.54) is 16.6 Å². The number of methoxy groups -OCH3 is 1. The normalized spacial score (nSPS) is 19.4. The Morgan fingerprint density at radius 3 is 2.47 bits per heavy atom. The lowest BCUT2D eigenvalue weighted by Gasteiger charge is -2.34. The number of rotatable bonds is 9. The molecule has 30 heavy (non-hydrogen) atoms. The molecule has 1 amide bonds. The van der Waals surface area contributed by atoms with E-state index < -0.39 is 11.2 Å². The molecule has 0 aromatic carbocycles. The fourth-order valence-electron chi connectivity index (χ4n) is 4.04. The molecule has 0 atom stereocenters. The second-order valence-corrected chi connectivity index (χ2v) is 8.86. The highest BCUT2D eigenvalue weighted by atomic mass is 16.5. The van der Waals surface area contributed by atoms with Gasteiger partial charge < -0.3 is 15.4 Å². The number of likely N-dealkylation sites (N-methyl/N-ethyl adjacent to an activating group) is 1. The Balaban J connectivity index is 2.31. The molecule has 0 radical (unpaired) electrons. The van der Waals surface area contributed by atoms with Gasteiger partial charge in [-0.15, -0.1) is 0 Å². The fraction of sp³-hybridized carbons (Fsp3) is 0.762. The molecule has 0 unspecified atom stereocenters. The maximum Gasteiger partial charge on any atom is 0.330 e. The van der Waals surface area contributed by atoms with E-state index >= 15 is 0 Å². The van der Waals surface area contributed by atoms with Crippen molar-refractivity contribution < 1.29 is 9.53 Å². The summed E-state index contributed by atoms with van der Waals surface area (Å²) < 4.78 is 6.47. The van der Waals surface area contributed by atoms with Crippen molar-refractivity contribution in [3.63, 3.8) is 0 Å². The minimum Gasteiger partial charge on any atom is -0.383 e. The van der Waals surface area contributed by atoms with E-state index in [1.54, 1.807) is 0 Å². The van der Waals surface area contributed by atoms with Crippen molar-refractivity contribution in [2.45, 2.75) is 59.0 Å². The number of ether oxygens (including phenoxy) is 1. The Kier molecular flexibility index (Phi) is 8.66. The van der Waals surface area contributed by atoms with Crippen LogP contribution in [0.5, 0.6) is 0 Å². The van der Waals surface area contributed by atoms with Crippen LogP contribution in [-0.4, -0.2) is 60.3 Å². The molecule has 1 aromatic rings. The number of nitrogens with zero attached hydrogens (tertiary/aromatic N) is 3. The summed E-state index contributed by atoms with van der Waals surface area (Å²) in [5.41, 5.74) is 5.02. The Labute approximate surface area is 178 Å². The minimum absolute atomic E-state index is 0.0102. The van der Waals surface area contributed by atoms with Gasteiger partial charge in [-0.3, -0.25) is 24.0 Å². The number of hydrogen-bond acceptors (Lipinski definition) is 6. The number of nitrogens with one attached hydrogen (secondary N) is 1. The van der Waals surface area contributed by atoms with Gasteiger partial charge in [0, 0.05) is 26.2 Å². The maximum absolute atomic E-state index is 13.2. The van der Waals surface area contributed by atoms with Crippen molar-refractivity contribution in [2.24, 2.45) is 11.8 Å². The first-order chi connectivity index (χ1) is 14.1. The topological polar surface area (TPSA) is 114 Å². The first-order valence-electron chi connectivity index (χ1n) is 10.8. The molecule has 1 aromatic heterocycles. The van der Waals surface area contributed by atoms with Gasteiger partial charge in [0.05, 0.1) is 13.2 Å². The van der Waals surface area contributed by atoms with E-state index in [0.29, 0.717) is 12.6 Å². The standard InChI is InChI=1S/C21H37N5O4/c1-14(2)12-26-19(22)18(20(28)23-21(26)29)25(10-11-30-5)17(27)13-24(4)16-8-6-15(3)7-9-16/h14-16H,6-13,22H2,1-5H3,(H,23,28,29). The van der Waals surface area contributed by atoms with E-state index in [9.17, 15) is 14.4 Å². The lowest BCUT2D eigenvalue weighted by molar-refractivity contribution is -0.120. The van der Waals surface area contributed by atoms with Crippen LogP contribution in [0.4, 0.5) is 11.5 Å². The molecule has 3 N–H and O–H groups in total. The summed E-state index contributed by atoms with van der Waals surface area (Å²) in [6, 6.07) is 0.347. The van der Waals surface area contributed by atoms with E-state index in [0.717, 1.165) is 31.6 Å². The number of nitrogens with two attached hydrogens (primary N) is 1. The number of carbonyl (C=O) groups is 1. The van der Waals surface area contributed by atoms with E-state index in [2.05, 4.69) is 16.8 Å². The van der Waals surface area contributed by atoms with Crippen LogP contribution in [0.3, 0.4) is 0 Å². The van der Waals surface area contributed by atoms with Crippen LogP contribution < -0.4 is 21.9 Å². The van der Waals surface area contributed by atoms with Crippen molar-refractivity contribution in [1.29, 1.82) is 0 Å². The van der Waals surface area contributed by atoms with Gasteiger partial charge in [0.15, 0.2) is 5.69 Å². The molecule has 2 rings (SSSR count). The Morgan fingerprint density at radius 1 is 1.27 bits per heavy atom. The average Bonchev–Trinajstić information content (AvgIpc) is 2.67. The van der Waals surface area contributed by atoms with Crippen LogP contribution in [0.1, 0.15) is 46.5 Å². The number of amides is 1. The molecule has 170 valence electrons. The van der Waals surface area contributed by atoms with Gasteiger partial charge in [-0.1, -0.05) is 20.8 Å². The van der Waals surface area contributed by atoms with E-state index in [4.69, 9.17) is 10.5 Å². The van der Waals surface area contributed by atoms with Crippen LogP contribution in [-0.2, 0) is 16.1 Å². The third-order valence-electron chi connectivity index (χ3n) is 5.85. The zero-order chi connectivity index (χ0) is 22.4. The molecule has 0 bridgehead atoms. The van der Waals surface area contributed by atoms with Crippen LogP contribution in [0.15, 0.2) is 9.59 Å². The Hall–Kier alpha value is -2.13. The minimum atomic E-state index is -0.656. The summed E-state index contributed by atoms with van der Waals surface area (Å²) in [5, 5.41) is 0. The molecule has 1 fully saturated rings. The Bertz CT molecular complexity index is 824. The first-order valence-corrected chi connectivity index (χ1v) is 10.8. The largest absolute Gasteiger partial charge is 0.383 e. The second-order valence-electron chi connectivity index (χ2n) is 8.86. The molecule has 1 saturated carbocycles. The molecule has 9 heteroatoms. The monoisotopic (exact) mass is 423 g/mol. The van der Waals surface area contributed by atoms with Gasteiger partial charge in [0.25, 0.3) is 5.56 Å². The van der Waals surface area contributed by atoms with Crippen LogP contribution in [0, 0.1) is 11.8 Å². The predicted molar refractivity (Wildman–Crippen MR) is 119 cm³/mol. The molecule has 0 spiro atoms. The third kappa shape index (κ3) is 5.95. The molecular formula is C21H37N5O4.